The van der Waals surface area contributed by atoms with E-state index in [1.807, 2.05) is 6.92 Å². The Bertz CT molecular complexity index is 1410. The third kappa shape index (κ3) is 7.12. The lowest BCUT2D eigenvalue weighted by Crippen LogP contribution is -2.52. The van der Waals surface area contributed by atoms with Gasteiger partial charge >= 0.3 is 0 Å². The van der Waals surface area contributed by atoms with E-state index in [1.165, 1.54) is 17.0 Å². The number of carbonyl (C=O) groups is 2. The quantitative estimate of drug-likeness (QED) is 0.308. The zero-order chi connectivity index (χ0) is 28.7. The Morgan fingerprint density at radius 3 is 2.08 bits per heavy atom. The van der Waals surface area contributed by atoms with Crippen molar-refractivity contribution in [3.63, 3.8) is 0 Å². The normalized spacial score (nSPS) is 12.1. The summed E-state index contributed by atoms with van der Waals surface area (Å²) in [4.78, 5) is 28.5. The smallest absolute Gasteiger partial charge is 0.264 e. The van der Waals surface area contributed by atoms with Crippen LogP contribution in [0.2, 0.25) is 10.0 Å². The summed E-state index contributed by atoms with van der Waals surface area (Å²) >= 11 is 12.9. The molecule has 7 nitrogen and oxygen atoms in total. The van der Waals surface area contributed by atoms with Crippen LogP contribution in [-0.4, -0.2) is 44.3 Å². The van der Waals surface area contributed by atoms with Crippen molar-refractivity contribution in [2.24, 2.45) is 0 Å². The van der Waals surface area contributed by atoms with Gasteiger partial charge in [0.25, 0.3) is 10.0 Å². The van der Waals surface area contributed by atoms with Crippen LogP contribution in [0.3, 0.4) is 0 Å². The second kappa shape index (κ2) is 13.3. The number of aryl methyl sites for hydroxylation is 2. The molecule has 208 valence electrons. The van der Waals surface area contributed by atoms with Gasteiger partial charge in [0.15, 0.2) is 0 Å². The summed E-state index contributed by atoms with van der Waals surface area (Å²) in [5, 5.41) is 3.46. The largest absolute Gasteiger partial charge is 0.355 e. The minimum absolute atomic E-state index is 0.0561. The standard InChI is InChI=1S/C29H33Cl2N3O4S/c1-5-26(29(36)32-6-2)33(18-23-24(30)11-9-12-25(23)31)28(35)19-34(27-13-8-7-10-21(27)4)39(37,38)22-16-14-20(3)15-17-22/h7-17,26H,5-6,18-19H2,1-4H3,(H,32,36)/t26-/m0/s1. The Morgan fingerprint density at radius 1 is 0.897 bits per heavy atom. The van der Waals surface area contributed by atoms with E-state index in [0.717, 1.165) is 9.87 Å². The predicted molar refractivity (Wildman–Crippen MR) is 157 cm³/mol. The van der Waals surface area contributed by atoms with Crippen LogP contribution in [0.4, 0.5) is 5.69 Å². The van der Waals surface area contributed by atoms with Gasteiger partial charge in [0.05, 0.1) is 10.6 Å². The number of nitrogens with zero attached hydrogens (tertiary/aromatic N) is 2. The van der Waals surface area contributed by atoms with Gasteiger partial charge in [-0.1, -0.05) is 72.1 Å². The predicted octanol–water partition coefficient (Wildman–Crippen LogP) is 5.75. The molecule has 0 spiro atoms. The number of anilines is 1. The number of amides is 2. The molecule has 1 atom stereocenters. The van der Waals surface area contributed by atoms with Crippen LogP contribution < -0.4 is 9.62 Å². The van der Waals surface area contributed by atoms with Crippen LogP contribution >= 0.6 is 23.2 Å². The number of halogens is 2. The lowest BCUT2D eigenvalue weighted by Gasteiger charge is -2.33. The van der Waals surface area contributed by atoms with Crippen LogP contribution in [0.5, 0.6) is 0 Å². The number of sulfonamides is 1. The highest BCUT2D eigenvalue weighted by Crippen LogP contribution is 2.30. The third-order valence-corrected chi connectivity index (χ3v) is 8.88. The fourth-order valence-corrected chi connectivity index (χ4v) is 6.25. The van der Waals surface area contributed by atoms with E-state index in [2.05, 4.69) is 5.32 Å². The molecule has 2 amide bonds. The van der Waals surface area contributed by atoms with E-state index in [-0.39, 0.29) is 17.3 Å². The molecule has 3 aromatic carbocycles. The van der Waals surface area contributed by atoms with Crippen molar-refractivity contribution in [2.75, 3.05) is 17.4 Å². The summed E-state index contributed by atoms with van der Waals surface area (Å²) in [5.74, 6) is -0.914. The molecule has 0 heterocycles. The van der Waals surface area contributed by atoms with E-state index in [9.17, 15) is 18.0 Å². The van der Waals surface area contributed by atoms with Crippen molar-refractivity contribution in [1.29, 1.82) is 0 Å². The Hall–Kier alpha value is -3.07. The van der Waals surface area contributed by atoms with Crippen molar-refractivity contribution in [2.45, 2.75) is 51.6 Å². The molecule has 0 aliphatic rings. The molecule has 0 fully saturated rings. The van der Waals surface area contributed by atoms with Gasteiger partial charge in [-0.25, -0.2) is 8.42 Å². The van der Waals surface area contributed by atoms with E-state index in [4.69, 9.17) is 23.2 Å². The van der Waals surface area contributed by atoms with Crippen LogP contribution in [0.25, 0.3) is 0 Å². The SMILES string of the molecule is CCNC(=O)[C@H](CC)N(Cc1c(Cl)cccc1Cl)C(=O)CN(c1ccccc1C)S(=O)(=O)c1ccc(C)cc1. The first-order valence-corrected chi connectivity index (χ1v) is 14.9. The summed E-state index contributed by atoms with van der Waals surface area (Å²) in [6.07, 6.45) is 0.300. The van der Waals surface area contributed by atoms with E-state index < -0.39 is 28.5 Å². The van der Waals surface area contributed by atoms with E-state index >= 15 is 0 Å². The number of rotatable bonds is 11. The molecule has 0 aliphatic heterocycles. The molecule has 39 heavy (non-hydrogen) atoms. The average molecular weight is 591 g/mol. The molecule has 1 N–H and O–H groups in total. The number of carbonyl (C=O) groups excluding carboxylic acids is 2. The summed E-state index contributed by atoms with van der Waals surface area (Å²) in [7, 11) is -4.14. The van der Waals surface area contributed by atoms with Gasteiger partial charge in [-0.2, -0.15) is 0 Å². The molecular weight excluding hydrogens is 557 g/mol. The van der Waals surface area contributed by atoms with Gasteiger partial charge in [0.1, 0.15) is 12.6 Å². The zero-order valence-corrected chi connectivity index (χ0v) is 24.8. The first kappa shape index (κ1) is 30.5. The number of nitrogens with one attached hydrogen (secondary N) is 1. The minimum Gasteiger partial charge on any atom is -0.355 e. The second-order valence-electron chi connectivity index (χ2n) is 9.15. The zero-order valence-electron chi connectivity index (χ0n) is 22.4. The molecule has 0 aliphatic carbocycles. The summed E-state index contributed by atoms with van der Waals surface area (Å²) in [6.45, 7) is 7.00. The van der Waals surface area contributed by atoms with Crippen molar-refractivity contribution < 1.29 is 18.0 Å². The van der Waals surface area contributed by atoms with Gasteiger partial charge in [0, 0.05) is 28.7 Å². The molecule has 0 bridgehead atoms. The topological polar surface area (TPSA) is 86.8 Å². The first-order chi connectivity index (χ1) is 18.5. The van der Waals surface area contributed by atoms with Gasteiger partial charge in [0.2, 0.25) is 11.8 Å². The Kier molecular flexibility index (Phi) is 10.4. The highest BCUT2D eigenvalue weighted by Gasteiger charge is 2.34. The van der Waals surface area contributed by atoms with Crippen LogP contribution in [-0.2, 0) is 26.2 Å². The number of benzene rings is 3. The molecule has 10 heteroatoms. The van der Waals surface area contributed by atoms with Crippen molar-refractivity contribution >= 4 is 50.7 Å². The van der Waals surface area contributed by atoms with Crippen LogP contribution in [0.15, 0.2) is 71.6 Å². The lowest BCUT2D eigenvalue weighted by molar-refractivity contribution is -0.140. The van der Waals surface area contributed by atoms with Crippen molar-refractivity contribution in [3.8, 4) is 0 Å². The molecular formula is C29H33Cl2N3O4S. The van der Waals surface area contributed by atoms with Gasteiger partial charge in [-0.3, -0.25) is 13.9 Å². The highest BCUT2D eigenvalue weighted by molar-refractivity contribution is 7.92. The maximum atomic E-state index is 14.1. The summed E-state index contributed by atoms with van der Waals surface area (Å²) in [6, 6.07) is 17.5. The Morgan fingerprint density at radius 2 is 1.51 bits per heavy atom. The molecule has 3 rings (SSSR count). The van der Waals surface area contributed by atoms with E-state index in [1.54, 1.807) is 75.4 Å². The molecule has 0 radical (unpaired) electrons. The molecule has 0 saturated carbocycles. The molecule has 0 saturated heterocycles. The molecule has 3 aromatic rings. The van der Waals surface area contributed by atoms with Gasteiger partial charge in [-0.05, 0) is 63.1 Å². The number of hydrogen-bond acceptors (Lipinski definition) is 4. The lowest BCUT2D eigenvalue weighted by atomic mass is 10.1. The fourth-order valence-electron chi connectivity index (χ4n) is 4.26. The fraction of sp³-hybridized carbons (Fsp3) is 0.310. The highest BCUT2D eigenvalue weighted by atomic mass is 35.5. The number of para-hydroxylation sites is 1. The van der Waals surface area contributed by atoms with Crippen molar-refractivity contribution in [1.82, 2.24) is 10.2 Å². The second-order valence-corrected chi connectivity index (χ2v) is 11.8. The van der Waals surface area contributed by atoms with Gasteiger partial charge < -0.3 is 10.2 Å². The van der Waals surface area contributed by atoms with Crippen LogP contribution in [0, 0.1) is 13.8 Å². The van der Waals surface area contributed by atoms with E-state index in [0.29, 0.717) is 39.8 Å². The molecule has 0 aromatic heterocycles. The summed E-state index contributed by atoms with van der Waals surface area (Å²) < 4.78 is 29.0. The van der Waals surface area contributed by atoms with Crippen molar-refractivity contribution in [3.05, 3.63) is 93.5 Å². The minimum atomic E-state index is -4.14. The average Bonchev–Trinajstić information content (AvgIpc) is 2.89. The summed E-state index contributed by atoms with van der Waals surface area (Å²) in [5.41, 5.74) is 2.43. The van der Waals surface area contributed by atoms with Gasteiger partial charge in [-0.15, -0.1) is 0 Å². The maximum Gasteiger partial charge on any atom is 0.264 e. The first-order valence-electron chi connectivity index (χ1n) is 12.7. The number of likely N-dealkylation sites (N-methyl/N-ethyl adjacent to an activating group) is 1. The number of hydrogen-bond donors (Lipinski definition) is 1. The Balaban J connectivity index is 2.11. The Labute approximate surface area is 240 Å². The molecule has 0 unspecified atom stereocenters. The maximum absolute atomic E-state index is 14.1. The third-order valence-electron chi connectivity index (χ3n) is 6.40. The van der Waals surface area contributed by atoms with Crippen LogP contribution in [0.1, 0.15) is 37.0 Å². The monoisotopic (exact) mass is 589 g/mol.